The molecule has 246 valence electrons. The van der Waals surface area contributed by atoms with E-state index in [0.717, 1.165) is 18.6 Å². The van der Waals surface area contributed by atoms with Gasteiger partial charge in [-0.3, -0.25) is 9.59 Å². The first-order chi connectivity index (χ1) is 22.9. The zero-order valence-corrected chi connectivity index (χ0v) is 29.2. The van der Waals surface area contributed by atoms with Crippen molar-refractivity contribution >= 4 is 11.6 Å². The van der Waals surface area contributed by atoms with Gasteiger partial charge in [0.15, 0.2) is 11.6 Å². The van der Waals surface area contributed by atoms with Gasteiger partial charge in [0, 0.05) is 27.7 Å². The minimum Gasteiger partial charge on any atom is -0.488 e. The fourth-order valence-electron chi connectivity index (χ4n) is 5.69. The van der Waals surface area contributed by atoms with Crippen LogP contribution in [0.15, 0.2) is 121 Å². The van der Waals surface area contributed by atoms with Gasteiger partial charge in [-0.1, -0.05) is 108 Å². The molecule has 5 aromatic carbocycles. The lowest BCUT2D eigenvalue weighted by Crippen LogP contribution is -2.30. The lowest BCUT2D eigenvalue weighted by atomic mass is 9.78. The highest BCUT2D eigenvalue weighted by Crippen LogP contribution is 2.35. The van der Waals surface area contributed by atoms with Crippen molar-refractivity contribution in [1.29, 1.82) is 0 Å². The zero-order valence-electron chi connectivity index (χ0n) is 29.2. The quantitative estimate of drug-likeness (QED) is 0.120. The summed E-state index contributed by atoms with van der Waals surface area (Å²) in [5, 5.41) is 0. The Kier molecular flexibility index (Phi) is 10.3. The maximum absolute atomic E-state index is 13.3. The predicted octanol–water partition coefficient (Wildman–Crippen LogP) is 11.3. The van der Waals surface area contributed by atoms with Gasteiger partial charge < -0.3 is 9.47 Å². The second-order valence-corrected chi connectivity index (χ2v) is 13.6. The fraction of sp³-hybridized carbons (Fsp3) is 0.273. The molecule has 0 saturated carbocycles. The van der Waals surface area contributed by atoms with Crippen molar-refractivity contribution in [2.45, 2.75) is 78.2 Å². The average Bonchev–Trinajstić information content (AvgIpc) is 3.12. The van der Waals surface area contributed by atoms with Crippen LogP contribution in [0.2, 0.25) is 0 Å². The second kappa shape index (κ2) is 14.4. The van der Waals surface area contributed by atoms with E-state index in [4.69, 9.17) is 9.47 Å². The average molecular weight is 639 g/mol. The number of rotatable bonds is 13. The van der Waals surface area contributed by atoms with E-state index in [0.29, 0.717) is 39.7 Å². The van der Waals surface area contributed by atoms with Crippen molar-refractivity contribution in [3.05, 3.63) is 160 Å². The first-order valence-corrected chi connectivity index (χ1v) is 16.9. The number of ether oxygens (including phenoxy) is 2. The minimum absolute atomic E-state index is 0.104. The van der Waals surface area contributed by atoms with Crippen LogP contribution in [0.3, 0.4) is 0 Å². The summed E-state index contributed by atoms with van der Waals surface area (Å²) >= 11 is 0. The Balaban J connectivity index is 1.23. The molecule has 0 N–H and O–H groups in total. The maximum atomic E-state index is 13.3. The molecule has 5 rings (SSSR count). The van der Waals surface area contributed by atoms with Crippen LogP contribution in [0.25, 0.3) is 0 Å². The van der Waals surface area contributed by atoms with Crippen LogP contribution in [0, 0.1) is 0 Å². The zero-order chi connectivity index (χ0) is 34.5. The van der Waals surface area contributed by atoms with Gasteiger partial charge in [-0.25, -0.2) is 0 Å². The Morgan fingerprint density at radius 1 is 0.562 bits per heavy atom. The SMILES string of the molecule is CCC(C)(CC)Oc1ccc(C(C)(C)c2ccc(Oc3ccc(C(=O)c4cccc(C(=O)c5ccc(C(C)C)cc5)c4)cc3)cc2)cc1. The summed E-state index contributed by atoms with van der Waals surface area (Å²) in [6.45, 7) is 15.1. The number of ketones is 2. The number of hydrogen-bond acceptors (Lipinski definition) is 4. The van der Waals surface area contributed by atoms with E-state index in [1.165, 1.54) is 16.7 Å². The molecule has 0 aliphatic rings. The topological polar surface area (TPSA) is 52.6 Å². The van der Waals surface area contributed by atoms with E-state index in [1.54, 1.807) is 48.5 Å². The van der Waals surface area contributed by atoms with Gasteiger partial charge in [0.05, 0.1) is 0 Å². The second-order valence-electron chi connectivity index (χ2n) is 13.6. The molecule has 0 aromatic heterocycles. The smallest absolute Gasteiger partial charge is 0.193 e. The third-order valence-corrected chi connectivity index (χ3v) is 9.59. The first-order valence-electron chi connectivity index (χ1n) is 16.9. The number of hydrogen-bond donors (Lipinski definition) is 0. The molecule has 0 spiro atoms. The molecule has 0 amide bonds. The molecular formula is C44H46O4. The summed E-state index contributed by atoms with van der Waals surface area (Å²) in [5.74, 6) is 2.37. The summed E-state index contributed by atoms with van der Waals surface area (Å²) in [5.41, 5.74) is 5.27. The third-order valence-electron chi connectivity index (χ3n) is 9.59. The van der Waals surface area contributed by atoms with Crippen molar-refractivity contribution in [3.8, 4) is 17.2 Å². The highest BCUT2D eigenvalue weighted by Gasteiger charge is 2.25. The van der Waals surface area contributed by atoms with Gasteiger partial charge in [-0.2, -0.15) is 0 Å². The van der Waals surface area contributed by atoms with Gasteiger partial charge in [0.2, 0.25) is 0 Å². The van der Waals surface area contributed by atoms with Gasteiger partial charge in [0.25, 0.3) is 0 Å². The van der Waals surface area contributed by atoms with Crippen LogP contribution in [0.1, 0.15) is 116 Å². The summed E-state index contributed by atoms with van der Waals surface area (Å²) in [6.07, 6.45) is 1.92. The van der Waals surface area contributed by atoms with Crippen LogP contribution in [-0.2, 0) is 5.41 Å². The van der Waals surface area contributed by atoms with Crippen LogP contribution in [-0.4, -0.2) is 17.2 Å². The molecule has 0 unspecified atom stereocenters. The monoisotopic (exact) mass is 638 g/mol. The summed E-state index contributed by atoms with van der Waals surface area (Å²) < 4.78 is 12.4. The molecule has 0 saturated heterocycles. The molecule has 0 atom stereocenters. The van der Waals surface area contributed by atoms with E-state index in [-0.39, 0.29) is 22.6 Å². The Morgan fingerprint density at radius 3 is 1.42 bits per heavy atom. The molecule has 4 nitrogen and oxygen atoms in total. The summed E-state index contributed by atoms with van der Waals surface area (Å²) in [4.78, 5) is 26.5. The summed E-state index contributed by atoms with van der Waals surface area (Å²) in [6, 6.07) is 38.2. The van der Waals surface area contributed by atoms with Gasteiger partial charge >= 0.3 is 0 Å². The molecule has 0 fully saturated rings. The molecule has 48 heavy (non-hydrogen) atoms. The fourth-order valence-corrected chi connectivity index (χ4v) is 5.69. The predicted molar refractivity (Wildman–Crippen MR) is 195 cm³/mol. The maximum Gasteiger partial charge on any atom is 0.193 e. The Labute approximate surface area is 285 Å². The standard InChI is InChI=1S/C44H46O4/c1-8-44(7,9-2)48-40-27-21-37(22-28-40)43(5,6)36-19-25-39(26-20-36)47-38-23-17-33(18-24-38)42(46)35-12-10-11-34(29-35)41(45)32-15-13-31(14-16-32)30(3)4/h10-30H,8-9H2,1-7H3. The van der Waals surface area contributed by atoms with E-state index < -0.39 is 0 Å². The van der Waals surface area contributed by atoms with Gasteiger partial charge in [0.1, 0.15) is 22.8 Å². The third kappa shape index (κ3) is 7.77. The van der Waals surface area contributed by atoms with Crippen molar-refractivity contribution in [3.63, 3.8) is 0 Å². The van der Waals surface area contributed by atoms with E-state index in [2.05, 4.69) is 84.9 Å². The summed E-state index contributed by atoms with van der Waals surface area (Å²) in [7, 11) is 0. The first kappa shape index (κ1) is 34.4. The Bertz CT molecular complexity index is 1840. The van der Waals surface area contributed by atoms with Crippen molar-refractivity contribution in [2.75, 3.05) is 0 Å². The normalized spacial score (nSPS) is 11.8. The number of carbonyl (C=O) groups excluding carboxylic acids is 2. The highest BCUT2D eigenvalue weighted by atomic mass is 16.5. The van der Waals surface area contributed by atoms with Crippen molar-refractivity contribution < 1.29 is 19.1 Å². The molecule has 0 aliphatic heterocycles. The van der Waals surface area contributed by atoms with Crippen molar-refractivity contribution in [2.24, 2.45) is 0 Å². The number of benzene rings is 5. The molecule has 0 heterocycles. The Hall–Kier alpha value is -4.96. The van der Waals surface area contributed by atoms with Crippen LogP contribution < -0.4 is 9.47 Å². The van der Waals surface area contributed by atoms with E-state index in [9.17, 15) is 9.59 Å². The van der Waals surface area contributed by atoms with Crippen molar-refractivity contribution in [1.82, 2.24) is 0 Å². The largest absolute Gasteiger partial charge is 0.488 e. The van der Waals surface area contributed by atoms with Gasteiger partial charge in [-0.15, -0.1) is 0 Å². The Morgan fingerprint density at radius 2 is 0.979 bits per heavy atom. The van der Waals surface area contributed by atoms with Crippen LogP contribution in [0.4, 0.5) is 0 Å². The molecule has 0 aliphatic carbocycles. The lowest BCUT2D eigenvalue weighted by Gasteiger charge is -2.30. The van der Waals surface area contributed by atoms with E-state index >= 15 is 0 Å². The number of carbonyl (C=O) groups is 2. The molecule has 0 radical (unpaired) electrons. The van der Waals surface area contributed by atoms with Crippen LogP contribution >= 0.6 is 0 Å². The molecular weight excluding hydrogens is 592 g/mol. The molecule has 0 bridgehead atoms. The van der Waals surface area contributed by atoms with E-state index in [1.807, 2.05) is 36.4 Å². The minimum atomic E-state index is -0.210. The molecule has 4 heteroatoms. The lowest BCUT2D eigenvalue weighted by molar-refractivity contribution is 0.0802. The highest BCUT2D eigenvalue weighted by molar-refractivity contribution is 6.13. The molecule has 5 aromatic rings. The van der Waals surface area contributed by atoms with Crippen LogP contribution in [0.5, 0.6) is 17.2 Å². The van der Waals surface area contributed by atoms with Gasteiger partial charge in [-0.05, 0) is 97.0 Å².